The summed E-state index contributed by atoms with van der Waals surface area (Å²) in [4.78, 5) is 35.3. The molecule has 1 aliphatic heterocycles. The molecule has 1 saturated carbocycles. The van der Waals surface area contributed by atoms with Crippen molar-refractivity contribution in [3.05, 3.63) is 126 Å². The first-order valence-electron chi connectivity index (χ1n) is 16.9. The lowest BCUT2D eigenvalue weighted by Crippen LogP contribution is -2.35. The van der Waals surface area contributed by atoms with Gasteiger partial charge in [-0.05, 0) is 97.7 Å². The third-order valence-corrected chi connectivity index (χ3v) is 9.24. The van der Waals surface area contributed by atoms with E-state index in [0.717, 1.165) is 41.9 Å². The van der Waals surface area contributed by atoms with Crippen molar-refractivity contribution in [1.82, 2.24) is 4.90 Å². The van der Waals surface area contributed by atoms with Crippen LogP contribution in [-0.2, 0) is 14.3 Å². The third-order valence-electron chi connectivity index (χ3n) is 9.24. The van der Waals surface area contributed by atoms with Gasteiger partial charge in [-0.3, -0.25) is 9.69 Å². The van der Waals surface area contributed by atoms with E-state index in [2.05, 4.69) is 49.9 Å². The number of hydrogen-bond acceptors (Lipinski definition) is 6. The van der Waals surface area contributed by atoms with Gasteiger partial charge in [0.05, 0.1) is 11.3 Å². The van der Waals surface area contributed by atoms with Gasteiger partial charge in [0.25, 0.3) is 5.91 Å². The molecule has 1 heterocycles. The van der Waals surface area contributed by atoms with Crippen LogP contribution in [-0.4, -0.2) is 35.4 Å². The molecule has 7 heteroatoms. The Hall–Kier alpha value is -5.17. The minimum atomic E-state index is -0.400. The van der Waals surface area contributed by atoms with Crippen LogP contribution in [0, 0.1) is 17.8 Å². The molecular weight excluding hydrogens is 598 g/mol. The van der Waals surface area contributed by atoms with Crippen LogP contribution in [0.2, 0.25) is 0 Å². The monoisotopic (exact) mass is 641 g/mol. The molecule has 4 aromatic rings. The molecule has 1 amide bonds. The molecule has 3 atom stereocenters. The van der Waals surface area contributed by atoms with E-state index in [1.165, 1.54) is 4.90 Å². The van der Waals surface area contributed by atoms with Gasteiger partial charge in [-0.1, -0.05) is 87.9 Å². The fourth-order valence-corrected chi connectivity index (χ4v) is 6.64. The molecule has 0 N–H and O–H groups in total. The van der Waals surface area contributed by atoms with Crippen molar-refractivity contribution < 1.29 is 19.1 Å². The lowest BCUT2D eigenvalue weighted by molar-refractivity contribution is -0.122. The molecule has 0 bridgehead atoms. The number of amidine groups is 1. The molecule has 48 heavy (non-hydrogen) atoms. The van der Waals surface area contributed by atoms with Gasteiger partial charge in [0.1, 0.15) is 6.10 Å². The van der Waals surface area contributed by atoms with E-state index < -0.39 is 5.97 Å². The van der Waals surface area contributed by atoms with E-state index in [-0.39, 0.29) is 23.8 Å². The van der Waals surface area contributed by atoms with E-state index in [0.29, 0.717) is 35.5 Å². The smallest absolute Gasteiger partial charge is 0.340 e. The normalized spacial score (nSPS) is 21.1. The Bertz CT molecular complexity index is 1740. The van der Waals surface area contributed by atoms with E-state index >= 15 is 0 Å². The van der Waals surface area contributed by atoms with Crippen molar-refractivity contribution in [2.45, 2.75) is 53.1 Å². The molecule has 246 valence electrons. The van der Waals surface area contributed by atoms with Crippen LogP contribution in [0.4, 0.5) is 22.7 Å². The summed E-state index contributed by atoms with van der Waals surface area (Å²) >= 11 is 0. The van der Waals surface area contributed by atoms with E-state index in [1.807, 2.05) is 73.7 Å². The van der Waals surface area contributed by atoms with Crippen molar-refractivity contribution in [1.29, 1.82) is 0 Å². The quantitative estimate of drug-likeness (QED) is 0.134. The topological polar surface area (TPSA) is 71.4 Å². The number of anilines is 3. The van der Waals surface area contributed by atoms with Gasteiger partial charge < -0.3 is 14.4 Å². The van der Waals surface area contributed by atoms with Crippen LogP contribution in [0.15, 0.2) is 120 Å². The molecular formula is C41H43N3O4. The lowest BCUT2D eigenvalue weighted by atomic mass is 9.75. The van der Waals surface area contributed by atoms with Crippen LogP contribution >= 0.6 is 0 Å². The molecule has 3 unspecified atom stereocenters. The lowest BCUT2D eigenvalue weighted by Gasteiger charge is -2.36. The van der Waals surface area contributed by atoms with Crippen LogP contribution in [0.5, 0.6) is 0 Å². The molecule has 7 nitrogen and oxygen atoms in total. The first kappa shape index (κ1) is 32.8. The SMILES string of the molecule is CCN1C(=O)/C(=C\c2ccc(N(c3ccccc3)c3ccccc3)cc2)OC1=Nc1ccccc1C(=O)OC1CC(C)CCC1C(C)C. The molecule has 2 fully saturated rings. The molecule has 6 rings (SSSR count). The zero-order valence-corrected chi connectivity index (χ0v) is 28.1. The van der Waals surface area contributed by atoms with E-state index in [1.54, 1.807) is 24.3 Å². The second-order valence-electron chi connectivity index (χ2n) is 12.9. The van der Waals surface area contributed by atoms with Gasteiger partial charge in [-0.15, -0.1) is 0 Å². The highest BCUT2D eigenvalue weighted by Crippen LogP contribution is 2.37. The number of carbonyl (C=O) groups is 2. The average Bonchev–Trinajstić information content (AvgIpc) is 3.39. The Morgan fingerprint density at radius 1 is 0.896 bits per heavy atom. The number of para-hydroxylation sites is 3. The molecule has 0 radical (unpaired) electrons. The molecule has 4 aromatic carbocycles. The number of aliphatic imine (C=N–C) groups is 1. The Labute approximate surface area is 283 Å². The van der Waals surface area contributed by atoms with Crippen LogP contribution in [0.1, 0.15) is 62.9 Å². The van der Waals surface area contributed by atoms with Gasteiger partial charge in [0, 0.05) is 23.6 Å². The number of hydrogen-bond donors (Lipinski definition) is 0. The number of rotatable bonds is 9. The van der Waals surface area contributed by atoms with E-state index in [9.17, 15) is 9.59 Å². The molecule has 0 spiro atoms. The number of carbonyl (C=O) groups excluding carboxylic acids is 2. The Kier molecular flexibility index (Phi) is 10.0. The summed E-state index contributed by atoms with van der Waals surface area (Å²) in [5, 5.41) is 0. The summed E-state index contributed by atoms with van der Waals surface area (Å²) < 4.78 is 12.2. The van der Waals surface area contributed by atoms with Gasteiger partial charge in [-0.2, -0.15) is 4.99 Å². The average molecular weight is 642 g/mol. The van der Waals surface area contributed by atoms with Crippen LogP contribution in [0.3, 0.4) is 0 Å². The van der Waals surface area contributed by atoms with Gasteiger partial charge in [0.15, 0.2) is 5.76 Å². The summed E-state index contributed by atoms with van der Waals surface area (Å²) in [6.45, 7) is 8.83. The molecule has 0 aromatic heterocycles. The Morgan fingerprint density at radius 3 is 2.12 bits per heavy atom. The summed E-state index contributed by atoms with van der Waals surface area (Å²) in [5.74, 6) is 0.751. The standard InChI is InChI=1S/C41H43N3O4/c1-5-43-39(45)38(27-30-21-23-33(24-22-30)44(31-14-8-6-9-15-31)32-16-10-7-11-17-32)48-41(43)42-36-19-13-12-18-35(36)40(46)47-37-26-29(4)20-25-34(37)28(2)3/h6-19,21-24,27-29,34,37H,5,20,25-26H2,1-4H3/b38-27+,42-41?. The van der Waals surface area contributed by atoms with Crippen molar-refractivity contribution in [3.63, 3.8) is 0 Å². The van der Waals surface area contributed by atoms with Gasteiger partial charge >= 0.3 is 12.0 Å². The third kappa shape index (κ3) is 7.20. The van der Waals surface area contributed by atoms with Gasteiger partial charge in [-0.25, -0.2) is 4.79 Å². The predicted molar refractivity (Wildman–Crippen MR) is 192 cm³/mol. The number of esters is 1. The van der Waals surface area contributed by atoms with Crippen molar-refractivity contribution in [2.24, 2.45) is 22.7 Å². The maximum atomic E-state index is 13.5. The number of benzene rings is 4. The number of amides is 1. The minimum absolute atomic E-state index is 0.133. The largest absolute Gasteiger partial charge is 0.458 e. The summed E-state index contributed by atoms with van der Waals surface area (Å²) in [7, 11) is 0. The van der Waals surface area contributed by atoms with Crippen molar-refractivity contribution >= 4 is 46.7 Å². The van der Waals surface area contributed by atoms with Crippen LogP contribution < -0.4 is 4.90 Å². The summed E-state index contributed by atoms with van der Waals surface area (Å²) in [6.07, 6.45) is 4.66. The number of ether oxygens (including phenoxy) is 2. The van der Waals surface area contributed by atoms with Crippen molar-refractivity contribution in [2.75, 3.05) is 11.4 Å². The fourth-order valence-electron chi connectivity index (χ4n) is 6.64. The maximum Gasteiger partial charge on any atom is 0.340 e. The Balaban J connectivity index is 1.24. The first-order valence-corrected chi connectivity index (χ1v) is 16.9. The zero-order valence-electron chi connectivity index (χ0n) is 28.1. The maximum absolute atomic E-state index is 13.5. The number of likely N-dealkylation sites (N-methyl/N-ethyl adjacent to an activating group) is 1. The summed E-state index contributed by atoms with van der Waals surface area (Å²) in [6, 6.07) is 35.6. The molecule has 1 aliphatic carbocycles. The second-order valence-corrected chi connectivity index (χ2v) is 12.9. The fraction of sp³-hybridized carbons (Fsp3) is 0.293. The number of nitrogens with zero attached hydrogens (tertiary/aromatic N) is 3. The second kappa shape index (κ2) is 14.7. The zero-order chi connectivity index (χ0) is 33.6. The minimum Gasteiger partial charge on any atom is -0.458 e. The highest BCUT2D eigenvalue weighted by molar-refractivity contribution is 6.12. The van der Waals surface area contributed by atoms with Crippen molar-refractivity contribution in [3.8, 4) is 0 Å². The highest BCUT2D eigenvalue weighted by atomic mass is 16.5. The van der Waals surface area contributed by atoms with E-state index in [4.69, 9.17) is 14.5 Å². The molecule has 1 saturated heterocycles. The highest BCUT2D eigenvalue weighted by Gasteiger charge is 2.36. The van der Waals surface area contributed by atoms with Gasteiger partial charge in [0.2, 0.25) is 0 Å². The summed E-state index contributed by atoms with van der Waals surface area (Å²) in [5.41, 5.74) is 4.64. The molecule has 2 aliphatic rings. The van der Waals surface area contributed by atoms with Crippen LogP contribution in [0.25, 0.3) is 6.08 Å². The predicted octanol–water partition coefficient (Wildman–Crippen LogP) is 9.68. The Morgan fingerprint density at radius 2 is 1.50 bits per heavy atom. The first-order chi connectivity index (χ1) is 23.3.